The van der Waals surface area contributed by atoms with Crippen molar-refractivity contribution in [1.82, 2.24) is 10.2 Å². The van der Waals surface area contributed by atoms with Crippen LogP contribution in [-0.4, -0.2) is 36.3 Å². The maximum atomic E-state index is 12.3. The first kappa shape index (κ1) is 12.3. The summed E-state index contributed by atoms with van der Waals surface area (Å²) in [5, 5.41) is 2.90. The van der Waals surface area contributed by atoms with E-state index in [0.29, 0.717) is 12.0 Å². The highest BCUT2D eigenvalue weighted by atomic mass is 16.3. The zero-order valence-electron chi connectivity index (χ0n) is 11.1. The van der Waals surface area contributed by atoms with Crippen molar-refractivity contribution in [2.24, 2.45) is 5.41 Å². The fourth-order valence-electron chi connectivity index (χ4n) is 3.03. The zero-order valence-corrected chi connectivity index (χ0v) is 11.1. The number of hydrogen-bond acceptors (Lipinski definition) is 3. The van der Waals surface area contributed by atoms with Crippen LogP contribution in [0.15, 0.2) is 16.7 Å². The molecule has 2 aliphatic heterocycles. The lowest BCUT2D eigenvalue weighted by atomic mass is 9.77. The third kappa shape index (κ3) is 2.25. The van der Waals surface area contributed by atoms with E-state index in [1.54, 1.807) is 6.07 Å². The molecule has 2 saturated heterocycles. The normalized spacial score (nSPS) is 21.7. The molecule has 0 aromatic carbocycles. The average Bonchev–Trinajstić information content (AvgIpc) is 2.97. The minimum Gasteiger partial charge on any atom is -0.469 e. The van der Waals surface area contributed by atoms with Gasteiger partial charge in [0.05, 0.1) is 5.56 Å². The first-order valence-electron chi connectivity index (χ1n) is 6.69. The van der Waals surface area contributed by atoms with Gasteiger partial charge in [0.25, 0.3) is 5.91 Å². The van der Waals surface area contributed by atoms with Crippen LogP contribution in [-0.2, 0) is 4.79 Å². The molecular weight excluding hydrogens is 244 g/mol. The summed E-state index contributed by atoms with van der Waals surface area (Å²) in [5.41, 5.74) is 0.703. The van der Waals surface area contributed by atoms with Gasteiger partial charge in [-0.2, -0.15) is 0 Å². The van der Waals surface area contributed by atoms with E-state index >= 15 is 0 Å². The maximum absolute atomic E-state index is 12.3. The highest BCUT2D eigenvalue weighted by Gasteiger charge is 2.41. The lowest BCUT2D eigenvalue weighted by Crippen LogP contribution is -2.43. The molecule has 1 spiro atoms. The number of nitrogens with one attached hydrogen (secondary N) is 1. The molecule has 3 heterocycles. The molecule has 2 aliphatic rings. The molecule has 2 amide bonds. The lowest BCUT2D eigenvalue weighted by molar-refractivity contribution is -0.119. The van der Waals surface area contributed by atoms with E-state index in [1.165, 1.54) is 6.26 Å². The second-order valence-corrected chi connectivity index (χ2v) is 5.69. The van der Waals surface area contributed by atoms with Crippen molar-refractivity contribution < 1.29 is 14.0 Å². The Morgan fingerprint density at radius 3 is 2.68 bits per heavy atom. The van der Waals surface area contributed by atoms with Crippen LogP contribution in [0.3, 0.4) is 0 Å². The van der Waals surface area contributed by atoms with Crippen LogP contribution in [0.2, 0.25) is 0 Å². The number of nitrogens with zero attached hydrogens (tertiary/aromatic N) is 1. The Balaban J connectivity index is 1.64. The molecule has 5 nitrogen and oxygen atoms in total. The van der Waals surface area contributed by atoms with Crippen LogP contribution >= 0.6 is 0 Å². The predicted octanol–water partition coefficient (Wildman–Crippen LogP) is 1.33. The standard InChI is InChI=1S/C14H18N2O3/c1-10-6-11(8-19-10)13(18)16-4-2-14(3-5-16)7-12(17)15-9-14/h6,8H,2-5,7,9H2,1H3,(H,15,17). The first-order valence-corrected chi connectivity index (χ1v) is 6.69. The second kappa shape index (κ2) is 4.40. The summed E-state index contributed by atoms with van der Waals surface area (Å²) in [6.45, 7) is 4.03. The van der Waals surface area contributed by atoms with E-state index < -0.39 is 0 Å². The fourth-order valence-corrected chi connectivity index (χ4v) is 3.03. The molecule has 1 aromatic heterocycles. The van der Waals surface area contributed by atoms with Crippen LogP contribution in [0.4, 0.5) is 0 Å². The van der Waals surface area contributed by atoms with Crippen LogP contribution in [0, 0.1) is 12.3 Å². The zero-order chi connectivity index (χ0) is 13.5. The number of carbonyl (C=O) groups is 2. The Kier molecular flexibility index (Phi) is 2.84. The Morgan fingerprint density at radius 1 is 1.42 bits per heavy atom. The summed E-state index contributed by atoms with van der Waals surface area (Å²) in [7, 11) is 0. The molecule has 1 N–H and O–H groups in total. The van der Waals surface area contributed by atoms with Crippen molar-refractivity contribution in [2.75, 3.05) is 19.6 Å². The molecule has 0 radical (unpaired) electrons. The minimum atomic E-state index is 0.0315. The molecule has 102 valence electrons. The maximum Gasteiger partial charge on any atom is 0.257 e. The van der Waals surface area contributed by atoms with Gasteiger partial charge in [0, 0.05) is 26.1 Å². The van der Waals surface area contributed by atoms with Crippen LogP contribution < -0.4 is 5.32 Å². The van der Waals surface area contributed by atoms with E-state index in [2.05, 4.69) is 5.32 Å². The van der Waals surface area contributed by atoms with Crippen molar-refractivity contribution in [3.8, 4) is 0 Å². The number of likely N-dealkylation sites (tertiary alicyclic amines) is 1. The number of rotatable bonds is 1. The van der Waals surface area contributed by atoms with Crippen LogP contribution in [0.5, 0.6) is 0 Å². The quantitative estimate of drug-likeness (QED) is 0.830. The van der Waals surface area contributed by atoms with Gasteiger partial charge in [0.2, 0.25) is 5.91 Å². The molecule has 0 bridgehead atoms. The smallest absolute Gasteiger partial charge is 0.257 e. The van der Waals surface area contributed by atoms with Crippen molar-refractivity contribution in [3.05, 3.63) is 23.7 Å². The van der Waals surface area contributed by atoms with E-state index in [9.17, 15) is 9.59 Å². The highest BCUT2D eigenvalue weighted by Crippen LogP contribution is 2.37. The van der Waals surface area contributed by atoms with E-state index in [1.807, 2.05) is 11.8 Å². The van der Waals surface area contributed by atoms with Crippen molar-refractivity contribution in [1.29, 1.82) is 0 Å². The Morgan fingerprint density at radius 2 is 2.16 bits per heavy atom. The summed E-state index contributed by atoms with van der Waals surface area (Å²) in [6, 6.07) is 1.77. The summed E-state index contributed by atoms with van der Waals surface area (Å²) in [4.78, 5) is 25.5. The molecule has 19 heavy (non-hydrogen) atoms. The summed E-state index contributed by atoms with van der Waals surface area (Å²) in [6.07, 6.45) is 3.92. The predicted molar refractivity (Wildman–Crippen MR) is 68.6 cm³/mol. The Labute approximate surface area is 111 Å². The van der Waals surface area contributed by atoms with E-state index in [-0.39, 0.29) is 17.2 Å². The van der Waals surface area contributed by atoms with Crippen LogP contribution in [0.25, 0.3) is 0 Å². The van der Waals surface area contributed by atoms with Gasteiger partial charge >= 0.3 is 0 Å². The summed E-state index contributed by atoms with van der Waals surface area (Å²) < 4.78 is 5.18. The van der Waals surface area contributed by atoms with Gasteiger partial charge in [-0.1, -0.05) is 0 Å². The van der Waals surface area contributed by atoms with E-state index in [4.69, 9.17) is 4.42 Å². The van der Waals surface area contributed by atoms with Crippen molar-refractivity contribution in [2.45, 2.75) is 26.2 Å². The molecule has 0 saturated carbocycles. The van der Waals surface area contributed by atoms with Gasteiger partial charge in [-0.25, -0.2) is 0 Å². The Bertz CT molecular complexity index is 513. The van der Waals surface area contributed by atoms with Gasteiger partial charge in [-0.3, -0.25) is 9.59 Å². The topological polar surface area (TPSA) is 62.6 Å². The summed E-state index contributed by atoms with van der Waals surface area (Å²) in [5.74, 6) is 0.927. The number of aryl methyl sites for hydroxylation is 1. The number of furan rings is 1. The molecule has 3 rings (SSSR count). The minimum absolute atomic E-state index is 0.0315. The lowest BCUT2D eigenvalue weighted by Gasteiger charge is -2.38. The first-order chi connectivity index (χ1) is 9.08. The van der Waals surface area contributed by atoms with Gasteiger partial charge in [-0.15, -0.1) is 0 Å². The molecule has 2 fully saturated rings. The summed E-state index contributed by atoms with van der Waals surface area (Å²) >= 11 is 0. The van der Waals surface area contributed by atoms with Gasteiger partial charge in [-0.05, 0) is 31.2 Å². The van der Waals surface area contributed by atoms with Crippen molar-refractivity contribution >= 4 is 11.8 Å². The highest BCUT2D eigenvalue weighted by molar-refractivity contribution is 5.94. The SMILES string of the molecule is Cc1cc(C(=O)N2CCC3(CC2)CNC(=O)C3)co1. The number of carbonyl (C=O) groups excluding carboxylic acids is 2. The molecule has 5 heteroatoms. The Hall–Kier alpha value is -1.78. The largest absolute Gasteiger partial charge is 0.469 e. The van der Waals surface area contributed by atoms with E-state index in [0.717, 1.165) is 38.2 Å². The number of hydrogen-bond donors (Lipinski definition) is 1. The van der Waals surface area contributed by atoms with Gasteiger partial charge in [0.15, 0.2) is 0 Å². The molecule has 0 unspecified atom stereocenters. The molecule has 1 aromatic rings. The molecular formula is C14H18N2O3. The fraction of sp³-hybridized carbons (Fsp3) is 0.571. The molecule has 0 aliphatic carbocycles. The number of piperidine rings is 1. The van der Waals surface area contributed by atoms with Gasteiger partial charge < -0.3 is 14.6 Å². The van der Waals surface area contributed by atoms with Crippen LogP contribution in [0.1, 0.15) is 35.4 Å². The number of amides is 2. The third-order valence-electron chi connectivity index (χ3n) is 4.28. The monoisotopic (exact) mass is 262 g/mol. The average molecular weight is 262 g/mol. The van der Waals surface area contributed by atoms with Crippen molar-refractivity contribution in [3.63, 3.8) is 0 Å². The third-order valence-corrected chi connectivity index (χ3v) is 4.28. The molecule has 0 atom stereocenters. The second-order valence-electron chi connectivity index (χ2n) is 5.69. The van der Waals surface area contributed by atoms with Gasteiger partial charge in [0.1, 0.15) is 12.0 Å².